The minimum Gasteiger partial charge on any atom is -0.393 e. The number of aliphatic hydroxyl groups is 1. The van der Waals surface area contributed by atoms with Gasteiger partial charge >= 0.3 is 0 Å². The average Bonchev–Trinajstić information content (AvgIpc) is 2.11. The Labute approximate surface area is 95.1 Å². The summed E-state index contributed by atoms with van der Waals surface area (Å²) in [6.45, 7) is 3.60. The molecule has 0 aliphatic carbocycles. The fourth-order valence-corrected chi connectivity index (χ4v) is 1.55. The van der Waals surface area contributed by atoms with E-state index in [1.807, 2.05) is 0 Å². The van der Waals surface area contributed by atoms with Crippen molar-refractivity contribution in [3.05, 3.63) is 22.8 Å². The van der Waals surface area contributed by atoms with Crippen LogP contribution >= 0.6 is 22.6 Å². The van der Waals surface area contributed by atoms with Crippen molar-refractivity contribution in [2.45, 2.75) is 44.6 Å². The van der Waals surface area contributed by atoms with Gasteiger partial charge in [0.15, 0.2) is 0 Å². The van der Waals surface area contributed by atoms with E-state index in [0.29, 0.717) is 0 Å². The molecule has 0 rings (SSSR count). The van der Waals surface area contributed by atoms with Crippen LogP contribution in [0.3, 0.4) is 0 Å². The van der Waals surface area contributed by atoms with Crippen LogP contribution < -0.4 is 0 Å². The van der Waals surface area contributed by atoms with Crippen molar-refractivity contribution < 1.29 is 5.11 Å². The molecule has 0 aromatic rings. The molecular formula is C11H19IO. The zero-order chi connectivity index (χ0) is 9.94. The summed E-state index contributed by atoms with van der Waals surface area (Å²) in [5, 5.41) is 9.37. The number of allylic oxidation sites excluding steroid dienone is 1. The van der Waals surface area contributed by atoms with Crippen LogP contribution in [0.15, 0.2) is 22.8 Å². The van der Waals surface area contributed by atoms with Crippen LogP contribution in [0.5, 0.6) is 0 Å². The summed E-state index contributed by atoms with van der Waals surface area (Å²) in [6.07, 6.45) is 10.2. The number of hydrogen-bond donors (Lipinski definition) is 1. The first kappa shape index (κ1) is 13.2. The maximum Gasteiger partial charge on any atom is 0.0574 e. The van der Waals surface area contributed by atoms with Crippen molar-refractivity contribution >= 4 is 22.6 Å². The molecule has 0 saturated carbocycles. The Bertz CT molecular complexity index is 143. The van der Waals surface area contributed by atoms with Crippen molar-refractivity contribution in [1.29, 1.82) is 0 Å². The molecule has 0 bridgehead atoms. The van der Waals surface area contributed by atoms with Crippen LogP contribution in [-0.4, -0.2) is 11.2 Å². The summed E-state index contributed by atoms with van der Waals surface area (Å²) in [6, 6.07) is 0. The van der Waals surface area contributed by atoms with Crippen molar-refractivity contribution in [1.82, 2.24) is 0 Å². The third kappa shape index (κ3) is 10.1. The van der Waals surface area contributed by atoms with Crippen LogP contribution in [-0.2, 0) is 0 Å². The number of halogens is 1. The highest BCUT2D eigenvalue weighted by Crippen LogP contribution is 2.08. The molecule has 1 N–H and O–H groups in total. The van der Waals surface area contributed by atoms with Gasteiger partial charge in [-0.1, -0.05) is 47.6 Å². The quantitative estimate of drug-likeness (QED) is 0.410. The molecule has 0 fully saturated rings. The van der Waals surface area contributed by atoms with Crippen molar-refractivity contribution in [3.63, 3.8) is 0 Å². The molecule has 0 aliphatic heterocycles. The van der Waals surface area contributed by atoms with Gasteiger partial charge in [0, 0.05) is 0 Å². The molecule has 1 unspecified atom stereocenters. The lowest BCUT2D eigenvalue weighted by Crippen LogP contribution is -2.03. The molecule has 0 spiro atoms. The van der Waals surface area contributed by atoms with Gasteiger partial charge in [0.2, 0.25) is 0 Å². The Morgan fingerprint density at radius 2 is 2.08 bits per heavy atom. The summed E-state index contributed by atoms with van der Waals surface area (Å²) in [5.41, 5.74) is 0. The SMILES string of the molecule is C=CCC(O)CCCCC/C=C\I. The summed E-state index contributed by atoms with van der Waals surface area (Å²) < 4.78 is 2.06. The maximum atomic E-state index is 9.37. The van der Waals surface area contributed by atoms with Gasteiger partial charge in [-0.2, -0.15) is 0 Å². The largest absolute Gasteiger partial charge is 0.393 e. The van der Waals surface area contributed by atoms with E-state index < -0.39 is 0 Å². The van der Waals surface area contributed by atoms with Crippen LogP contribution in [0.4, 0.5) is 0 Å². The van der Waals surface area contributed by atoms with E-state index in [1.165, 1.54) is 19.3 Å². The van der Waals surface area contributed by atoms with E-state index in [4.69, 9.17) is 0 Å². The number of hydrogen-bond acceptors (Lipinski definition) is 1. The van der Waals surface area contributed by atoms with Gasteiger partial charge in [-0.25, -0.2) is 0 Å². The fraction of sp³-hybridized carbons (Fsp3) is 0.636. The lowest BCUT2D eigenvalue weighted by molar-refractivity contribution is 0.164. The normalized spacial score (nSPS) is 13.4. The van der Waals surface area contributed by atoms with Gasteiger partial charge < -0.3 is 5.11 Å². The third-order valence-corrected chi connectivity index (χ3v) is 2.44. The Morgan fingerprint density at radius 3 is 2.69 bits per heavy atom. The second-order valence-electron chi connectivity index (χ2n) is 3.18. The smallest absolute Gasteiger partial charge is 0.0574 e. The lowest BCUT2D eigenvalue weighted by atomic mass is 10.1. The molecule has 0 amide bonds. The molecule has 13 heavy (non-hydrogen) atoms. The minimum absolute atomic E-state index is 0.169. The highest BCUT2D eigenvalue weighted by atomic mass is 127. The summed E-state index contributed by atoms with van der Waals surface area (Å²) in [4.78, 5) is 0. The lowest BCUT2D eigenvalue weighted by Gasteiger charge is -2.06. The molecule has 0 aromatic heterocycles. The Balaban J connectivity index is 3.10. The monoisotopic (exact) mass is 294 g/mol. The first-order valence-corrected chi connectivity index (χ1v) is 6.10. The van der Waals surface area contributed by atoms with E-state index in [0.717, 1.165) is 19.3 Å². The molecule has 0 aromatic carbocycles. The summed E-state index contributed by atoms with van der Waals surface area (Å²) in [5.74, 6) is 0. The molecule has 0 saturated heterocycles. The van der Waals surface area contributed by atoms with Gasteiger partial charge in [-0.15, -0.1) is 6.58 Å². The third-order valence-electron chi connectivity index (χ3n) is 1.94. The van der Waals surface area contributed by atoms with Crippen LogP contribution in [0.25, 0.3) is 0 Å². The van der Waals surface area contributed by atoms with Crippen molar-refractivity contribution in [2.24, 2.45) is 0 Å². The molecule has 0 heterocycles. The Morgan fingerprint density at radius 1 is 1.31 bits per heavy atom. The molecule has 1 nitrogen and oxygen atoms in total. The number of aliphatic hydroxyl groups excluding tert-OH is 1. The van der Waals surface area contributed by atoms with E-state index in [9.17, 15) is 5.11 Å². The average molecular weight is 294 g/mol. The zero-order valence-electron chi connectivity index (χ0n) is 8.08. The highest BCUT2D eigenvalue weighted by molar-refractivity contribution is 14.1. The first-order valence-electron chi connectivity index (χ1n) is 4.85. The fourth-order valence-electron chi connectivity index (χ4n) is 1.19. The summed E-state index contributed by atoms with van der Waals surface area (Å²) >= 11 is 2.24. The van der Waals surface area contributed by atoms with Gasteiger partial charge in [0.1, 0.15) is 0 Å². The predicted octanol–water partition coefficient (Wildman–Crippen LogP) is 3.82. The standard InChI is InChI=1S/C11H19IO/c1-2-8-11(13)9-6-4-3-5-7-10-12/h2,7,10-11,13H,1,3-6,8-9H2/b10-7-. The second kappa shape index (κ2) is 10.3. The van der Waals surface area contributed by atoms with Gasteiger partial charge in [-0.05, 0) is 29.8 Å². The predicted molar refractivity (Wildman–Crippen MR) is 67.1 cm³/mol. The molecule has 0 aliphatic rings. The van der Waals surface area contributed by atoms with Crippen LogP contribution in [0, 0.1) is 0 Å². The summed E-state index contributed by atoms with van der Waals surface area (Å²) in [7, 11) is 0. The van der Waals surface area contributed by atoms with Gasteiger partial charge in [0.05, 0.1) is 6.10 Å². The molecule has 2 heteroatoms. The van der Waals surface area contributed by atoms with Gasteiger partial charge in [-0.3, -0.25) is 0 Å². The second-order valence-corrected chi connectivity index (χ2v) is 3.90. The first-order chi connectivity index (χ1) is 6.31. The molecule has 1 atom stereocenters. The Hall–Kier alpha value is 0.170. The Kier molecular flexibility index (Phi) is 10.4. The maximum absolute atomic E-state index is 9.37. The number of unbranched alkanes of at least 4 members (excludes halogenated alkanes) is 3. The molecule has 0 radical (unpaired) electrons. The minimum atomic E-state index is -0.169. The molecule has 76 valence electrons. The molecular weight excluding hydrogens is 275 g/mol. The van der Waals surface area contributed by atoms with E-state index in [1.54, 1.807) is 6.08 Å². The van der Waals surface area contributed by atoms with E-state index >= 15 is 0 Å². The highest BCUT2D eigenvalue weighted by Gasteiger charge is 1.99. The van der Waals surface area contributed by atoms with Crippen molar-refractivity contribution in [2.75, 3.05) is 0 Å². The zero-order valence-corrected chi connectivity index (χ0v) is 10.2. The number of rotatable bonds is 8. The topological polar surface area (TPSA) is 20.2 Å². The van der Waals surface area contributed by atoms with Crippen LogP contribution in [0.2, 0.25) is 0 Å². The van der Waals surface area contributed by atoms with Crippen molar-refractivity contribution in [3.8, 4) is 0 Å². The van der Waals surface area contributed by atoms with Gasteiger partial charge in [0.25, 0.3) is 0 Å². The van der Waals surface area contributed by atoms with E-state index in [-0.39, 0.29) is 6.10 Å². The van der Waals surface area contributed by atoms with E-state index in [2.05, 4.69) is 39.3 Å². The van der Waals surface area contributed by atoms with Crippen LogP contribution in [0.1, 0.15) is 38.5 Å².